The van der Waals surface area contributed by atoms with Crippen LogP contribution in [0.2, 0.25) is 5.02 Å². The number of hydrogen-bond donors (Lipinski definition) is 2. The topological polar surface area (TPSA) is 85.7 Å². The Morgan fingerprint density at radius 1 is 1.58 bits per heavy atom. The number of carboxylic acids is 1. The fourth-order valence-corrected chi connectivity index (χ4v) is 2.34. The van der Waals surface area contributed by atoms with Gasteiger partial charge in [-0.05, 0) is 24.6 Å². The molecule has 19 heavy (non-hydrogen) atoms. The molecule has 0 aliphatic heterocycles. The molecule has 0 aliphatic rings. The van der Waals surface area contributed by atoms with Crippen LogP contribution < -0.4 is 10.5 Å². The molecule has 2 aromatic rings. The highest BCUT2D eigenvalue weighted by Crippen LogP contribution is 2.39. The van der Waals surface area contributed by atoms with Crippen molar-refractivity contribution in [2.45, 2.75) is 19.4 Å². The van der Waals surface area contributed by atoms with E-state index in [1.54, 1.807) is 19.1 Å². The lowest BCUT2D eigenvalue weighted by atomic mass is 10.0. The molecule has 0 saturated heterocycles. The van der Waals surface area contributed by atoms with E-state index in [-0.39, 0.29) is 6.42 Å². The molecule has 0 radical (unpaired) electrons. The number of halogens is 1. The van der Waals surface area contributed by atoms with Crippen molar-refractivity contribution < 1.29 is 19.1 Å². The van der Waals surface area contributed by atoms with E-state index in [1.807, 2.05) is 0 Å². The predicted molar refractivity (Wildman–Crippen MR) is 71.7 cm³/mol. The molecule has 5 nitrogen and oxygen atoms in total. The maximum atomic E-state index is 10.7. The van der Waals surface area contributed by atoms with E-state index in [0.29, 0.717) is 33.1 Å². The SMILES string of the molecule is COc1cc(C(N)CC(=O)O)c(Cl)c2cc(C)oc12. The van der Waals surface area contributed by atoms with E-state index >= 15 is 0 Å². The van der Waals surface area contributed by atoms with Crippen molar-refractivity contribution in [3.8, 4) is 5.75 Å². The number of aliphatic carboxylic acids is 1. The number of hydrogen-bond acceptors (Lipinski definition) is 4. The minimum absolute atomic E-state index is 0.203. The van der Waals surface area contributed by atoms with Crippen LogP contribution in [0, 0.1) is 6.92 Å². The van der Waals surface area contributed by atoms with Gasteiger partial charge in [0, 0.05) is 11.4 Å². The van der Waals surface area contributed by atoms with Crippen LogP contribution in [-0.4, -0.2) is 18.2 Å². The van der Waals surface area contributed by atoms with Crippen LogP contribution in [-0.2, 0) is 4.79 Å². The summed E-state index contributed by atoms with van der Waals surface area (Å²) in [6, 6.07) is 2.71. The first-order chi connectivity index (χ1) is 8.93. The van der Waals surface area contributed by atoms with E-state index in [9.17, 15) is 4.79 Å². The van der Waals surface area contributed by atoms with Crippen LogP contribution in [0.25, 0.3) is 11.0 Å². The number of aryl methyl sites for hydroxylation is 1. The van der Waals surface area contributed by atoms with Gasteiger partial charge >= 0.3 is 5.97 Å². The Bertz CT molecular complexity index is 635. The van der Waals surface area contributed by atoms with Gasteiger partial charge in [-0.25, -0.2) is 0 Å². The lowest BCUT2D eigenvalue weighted by Crippen LogP contribution is -2.15. The van der Waals surface area contributed by atoms with Crippen LogP contribution >= 0.6 is 11.6 Å². The summed E-state index contributed by atoms with van der Waals surface area (Å²) in [6.45, 7) is 1.80. The number of methoxy groups -OCH3 is 1. The number of fused-ring (bicyclic) bond motifs is 1. The zero-order valence-corrected chi connectivity index (χ0v) is 11.3. The monoisotopic (exact) mass is 283 g/mol. The standard InChI is InChI=1S/C13H14ClNO4/c1-6-3-8-12(14)7(9(15)5-11(16)17)4-10(18-2)13(8)19-6/h3-4,9H,5,15H2,1-2H3,(H,16,17). The molecule has 3 N–H and O–H groups in total. The van der Waals surface area contributed by atoms with Crippen molar-refractivity contribution >= 4 is 28.5 Å². The minimum Gasteiger partial charge on any atom is -0.493 e. The molecule has 1 unspecified atom stereocenters. The summed E-state index contributed by atoms with van der Waals surface area (Å²) in [4.78, 5) is 10.7. The molecule has 102 valence electrons. The number of carboxylic acid groups (broad SMARTS) is 1. The molecule has 0 saturated carbocycles. The van der Waals surface area contributed by atoms with Crippen LogP contribution in [0.1, 0.15) is 23.8 Å². The van der Waals surface area contributed by atoms with E-state index in [2.05, 4.69) is 0 Å². The van der Waals surface area contributed by atoms with Gasteiger partial charge in [0.15, 0.2) is 11.3 Å². The Kier molecular flexibility index (Phi) is 3.68. The van der Waals surface area contributed by atoms with Crippen molar-refractivity contribution in [1.29, 1.82) is 0 Å². The number of benzene rings is 1. The molecule has 0 aliphatic carbocycles. The summed E-state index contributed by atoms with van der Waals surface area (Å²) >= 11 is 6.27. The third-order valence-electron chi connectivity index (χ3n) is 2.87. The van der Waals surface area contributed by atoms with Crippen molar-refractivity contribution in [2.75, 3.05) is 7.11 Å². The molecular formula is C13H14ClNO4. The molecule has 0 bridgehead atoms. The Balaban J connectivity index is 2.61. The molecule has 1 aromatic heterocycles. The summed E-state index contributed by atoms with van der Waals surface area (Å²) in [7, 11) is 1.51. The Hall–Kier alpha value is -1.72. The van der Waals surface area contributed by atoms with Gasteiger partial charge in [0.2, 0.25) is 0 Å². The smallest absolute Gasteiger partial charge is 0.305 e. The van der Waals surface area contributed by atoms with Gasteiger partial charge < -0.3 is 20.0 Å². The molecule has 6 heteroatoms. The molecule has 1 heterocycles. The van der Waals surface area contributed by atoms with Crippen molar-refractivity contribution in [3.63, 3.8) is 0 Å². The fraction of sp³-hybridized carbons (Fsp3) is 0.308. The van der Waals surface area contributed by atoms with E-state index < -0.39 is 12.0 Å². The first kappa shape index (κ1) is 13.7. The first-order valence-electron chi connectivity index (χ1n) is 5.68. The predicted octanol–water partition coefficient (Wildman–Crippen LogP) is 2.88. The third kappa shape index (κ3) is 2.52. The van der Waals surface area contributed by atoms with Gasteiger partial charge in [0.05, 0.1) is 18.6 Å². The minimum atomic E-state index is -0.981. The van der Waals surface area contributed by atoms with Crippen LogP contribution in [0.15, 0.2) is 16.5 Å². The highest BCUT2D eigenvalue weighted by atomic mass is 35.5. The van der Waals surface area contributed by atoms with E-state index in [1.165, 1.54) is 7.11 Å². The zero-order valence-electron chi connectivity index (χ0n) is 10.6. The number of ether oxygens (including phenoxy) is 1. The average molecular weight is 284 g/mol. The lowest BCUT2D eigenvalue weighted by Gasteiger charge is -2.13. The van der Waals surface area contributed by atoms with Gasteiger partial charge in [0.25, 0.3) is 0 Å². The van der Waals surface area contributed by atoms with Gasteiger partial charge in [-0.3, -0.25) is 4.79 Å². The van der Waals surface area contributed by atoms with Gasteiger partial charge in [-0.1, -0.05) is 11.6 Å². The van der Waals surface area contributed by atoms with Crippen molar-refractivity contribution in [1.82, 2.24) is 0 Å². The summed E-state index contributed by atoms with van der Waals surface area (Å²) < 4.78 is 10.8. The number of rotatable bonds is 4. The van der Waals surface area contributed by atoms with E-state index in [0.717, 1.165) is 0 Å². The van der Waals surface area contributed by atoms with Gasteiger partial charge in [0.1, 0.15) is 5.76 Å². The highest BCUT2D eigenvalue weighted by molar-refractivity contribution is 6.36. The third-order valence-corrected chi connectivity index (χ3v) is 3.29. The summed E-state index contributed by atoms with van der Waals surface area (Å²) in [5, 5.41) is 9.89. The maximum Gasteiger partial charge on any atom is 0.305 e. The Morgan fingerprint density at radius 3 is 2.84 bits per heavy atom. The molecule has 1 aromatic carbocycles. The Labute approximate surface area is 114 Å². The van der Waals surface area contributed by atoms with Crippen LogP contribution in [0.3, 0.4) is 0 Å². The molecule has 0 amide bonds. The quantitative estimate of drug-likeness (QED) is 0.901. The number of carbonyl (C=O) groups is 1. The van der Waals surface area contributed by atoms with Crippen LogP contribution in [0.5, 0.6) is 5.75 Å². The second kappa shape index (κ2) is 5.11. The van der Waals surface area contributed by atoms with E-state index in [4.69, 9.17) is 31.6 Å². The van der Waals surface area contributed by atoms with Crippen molar-refractivity contribution in [2.24, 2.45) is 5.73 Å². The summed E-state index contributed by atoms with van der Waals surface area (Å²) in [5.41, 5.74) is 6.94. The molecular weight excluding hydrogens is 270 g/mol. The molecule has 1 atom stereocenters. The largest absolute Gasteiger partial charge is 0.493 e. The van der Waals surface area contributed by atoms with Gasteiger partial charge in [-0.15, -0.1) is 0 Å². The highest BCUT2D eigenvalue weighted by Gasteiger charge is 2.20. The molecule has 0 spiro atoms. The fourth-order valence-electron chi connectivity index (χ4n) is 2.01. The van der Waals surface area contributed by atoms with Crippen molar-refractivity contribution in [3.05, 3.63) is 28.5 Å². The molecule has 2 rings (SSSR count). The second-order valence-corrected chi connectivity index (χ2v) is 4.66. The van der Waals surface area contributed by atoms with Gasteiger partial charge in [-0.2, -0.15) is 0 Å². The summed E-state index contributed by atoms with van der Waals surface area (Å²) in [5.74, 6) is 0.202. The average Bonchev–Trinajstić information content (AvgIpc) is 2.71. The zero-order chi connectivity index (χ0) is 14.2. The lowest BCUT2D eigenvalue weighted by molar-refractivity contribution is -0.137. The normalized spacial score (nSPS) is 12.6. The molecule has 0 fully saturated rings. The maximum absolute atomic E-state index is 10.7. The number of furan rings is 1. The number of nitrogens with two attached hydrogens (primary N) is 1. The Morgan fingerprint density at radius 2 is 2.26 bits per heavy atom. The first-order valence-corrected chi connectivity index (χ1v) is 6.05. The van der Waals surface area contributed by atoms with Crippen LogP contribution in [0.4, 0.5) is 0 Å². The second-order valence-electron chi connectivity index (χ2n) is 4.29. The summed E-state index contributed by atoms with van der Waals surface area (Å²) in [6.07, 6.45) is -0.203.